The topological polar surface area (TPSA) is 86.6 Å². The van der Waals surface area contributed by atoms with Gasteiger partial charge in [-0.25, -0.2) is 4.79 Å². The van der Waals surface area contributed by atoms with Crippen molar-refractivity contribution < 1.29 is 19.8 Å². The van der Waals surface area contributed by atoms with E-state index in [1.807, 2.05) is 6.92 Å². The summed E-state index contributed by atoms with van der Waals surface area (Å²) in [6.07, 6.45) is -0.168. The molecule has 7 heteroatoms. The second kappa shape index (κ2) is 7.47. The van der Waals surface area contributed by atoms with Crippen molar-refractivity contribution >= 4 is 40.2 Å². The van der Waals surface area contributed by atoms with Crippen LogP contribution in [0.25, 0.3) is 0 Å². The Morgan fingerprint density at radius 1 is 1.47 bits per heavy atom. The molecule has 0 aromatic rings. The number of rotatable bonds is 6. The second-order valence-electron chi connectivity index (χ2n) is 2.69. The molecule has 0 saturated carbocycles. The predicted molar refractivity (Wildman–Crippen MR) is 62.2 cm³/mol. The van der Waals surface area contributed by atoms with Gasteiger partial charge in [0.15, 0.2) is 0 Å². The monoisotopic (exact) mass is 251 g/mol. The molecular formula is C8H13NO4S2. The molecule has 0 fully saturated rings. The Morgan fingerprint density at radius 3 is 2.47 bits per heavy atom. The van der Waals surface area contributed by atoms with Crippen LogP contribution in [0.1, 0.15) is 19.8 Å². The Kier molecular flexibility index (Phi) is 7.06. The van der Waals surface area contributed by atoms with E-state index in [2.05, 4.69) is 5.32 Å². The van der Waals surface area contributed by atoms with Crippen molar-refractivity contribution in [2.45, 2.75) is 25.8 Å². The van der Waals surface area contributed by atoms with Gasteiger partial charge in [-0.2, -0.15) is 0 Å². The Morgan fingerprint density at radius 2 is 2.07 bits per heavy atom. The highest BCUT2D eigenvalue weighted by atomic mass is 32.2. The molecule has 15 heavy (non-hydrogen) atoms. The lowest BCUT2D eigenvalue weighted by molar-refractivity contribution is -0.140. The van der Waals surface area contributed by atoms with Gasteiger partial charge in [0, 0.05) is 6.42 Å². The Labute approximate surface area is 97.2 Å². The third kappa shape index (κ3) is 7.15. The van der Waals surface area contributed by atoms with Crippen LogP contribution in [-0.2, 0) is 9.59 Å². The summed E-state index contributed by atoms with van der Waals surface area (Å²) < 4.78 is 0.385. The highest BCUT2D eigenvalue weighted by Gasteiger charge is 2.19. The lowest BCUT2D eigenvalue weighted by Gasteiger charge is -2.14. The fourth-order valence-electron chi connectivity index (χ4n) is 0.840. The van der Waals surface area contributed by atoms with E-state index >= 15 is 0 Å². The summed E-state index contributed by atoms with van der Waals surface area (Å²) in [6.45, 7) is 1.89. The SMILES string of the molecule is CCSC(=S)N[C@@H](CCC(=O)O)C(=O)O. The summed E-state index contributed by atoms with van der Waals surface area (Å²) in [6, 6.07) is -0.923. The Balaban J connectivity index is 4.10. The van der Waals surface area contributed by atoms with Crippen LogP contribution in [0.5, 0.6) is 0 Å². The smallest absolute Gasteiger partial charge is 0.326 e. The fourth-order valence-corrected chi connectivity index (χ4v) is 1.82. The standard InChI is InChI=1S/C8H13NO4S2/c1-2-15-8(14)9-5(7(12)13)3-4-6(10)11/h5H,2-4H2,1H3,(H,9,14)(H,10,11)(H,12,13)/t5-/m0/s1. The normalized spacial score (nSPS) is 11.8. The molecular weight excluding hydrogens is 238 g/mol. The van der Waals surface area contributed by atoms with Gasteiger partial charge < -0.3 is 15.5 Å². The Bertz CT molecular complexity index is 257. The minimum atomic E-state index is -1.09. The van der Waals surface area contributed by atoms with Crippen LogP contribution in [0.4, 0.5) is 0 Å². The number of thioether (sulfide) groups is 1. The third-order valence-corrected chi connectivity index (χ3v) is 2.65. The number of carboxylic acid groups (broad SMARTS) is 2. The van der Waals surface area contributed by atoms with Gasteiger partial charge in [-0.3, -0.25) is 4.79 Å². The predicted octanol–water partition coefficient (Wildman–Crippen LogP) is 0.932. The summed E-state index contributed by atoms with van der Waals surface area (Å²) in [5, 5.41) is 19.8. The van der Waals surface area contributed by atoms with Gasteiger partial charge in [0.1, 0.15) is 10.4 Å². The van der Waals surface area contributed by atoms with Crippen LogP contribution in [-0.4, -0.2) is 38.3 Å². The molecule has 0 aromatic carbocycles. The zero-order chi connectivity index (χ0) is 11.8. The Hall–Kier alpha value is -0.820. The average Bonchev–Trinajstić information content (AvgIpc) is 2.11. The maximum atomic E-state index is 10.7. The quantitative estimate of drug-likeness (QED) is 0.605. The van der Waals surface area contributed by atoms with E-state index in [4.69, 9.17) is 22.4 Å². The van der Waals surface area contributed by atoms with Gasteiger partial charge in [-0.05, 0) is 12.2 Å². The largest absolute Gasteiger partial charge is 0.481 e. The molecule has 0 saturated heterocycles. The number of carboxylic acids is 2. The lowest BCUT2D eigenvalue weighted by atomic mass is 10.1. The van der Waals surface area contributed by atoms with Crippen LogP contribution >= 0.6 is 24.0 Å². The molecule has 0 radical (unpaired) electrons. The molecule has 3 N–H and O–H groups in total. The van der Waals surface area contributed by atoms with Crippen LogP contribution in [0.2, 0.25) is 0 Å². The van der Waals surface area contributed by atoms with Crippen molar-refractivity contribution in [2.24, 2.45) is 0 Å². The second-order valence-corrected chi connectivity index (χ2v) is 4.63. The first kappa shape index (κ1) is 14.2. The van der Waals surface area contributed by atoms with Crippen molar-refractivity contribution in [3.63, 3.8) is 0 Å². The van der Waals surface area contributed by atoms with E-state index in [-0.39, 0.29) is 12.8 Å². The zero-order valence-electron chi connectivity index (χ0n) is 8.23. The van der Waals surface area contributed by atoms with Crippen LogP contribution in [0, 0.1) is 0 Å². The summed E-state index contributed by atoms with van der Waals surface area (Å²) in [7, 11) is 0. The maximum absolute atomic E-state index is 10.7. The minimum absolute atomic E-state index is 0.0229. The number of nitrogens with one attached hydrogen (secondary N) is 1. The van der Waals surface area contributed by atoms with Crippen molar-refractivity contribution in [2.75, 3.05) is 5.75 Å². The van der Waals surface area contributed by atoms with Gasteiger partial charge in [0.05, 0.1) is 0 Å². The van der Waals surface area contributed by atoms with Crippen LogP contribution < -0.4 is 5.32 Å². The molecule has 0 aliphatic carbocycles. The van der Waals surface area contributed by atoms with Gasteiger partial charge >= 0.3 is 11.9 Å². The highest BCUT2D eigenvalue weighted by molar-refractivity contribution is 8.22. The average molecular weight is 251 g/mol. The summed E-state index contributed by atoms with van der Waals surface area (Å²) in [5.74, 6) is -1.36. The van der Waals surface area contributed by atoms with Gasteiger partial charge in [-0.1, -0.05) is 30.9 Å². The molecule has 0 rings (SSSR count). The minimum Gasteiger partial charge on any atom is -0.481 e. The molecule has 86 valence electrons. The molecule has 0 bridgehead atoms. The molecule has 0 aliphatic rings. The first-order valence-electron chi connectivity index (χ1n) is 4.35. The van der Waals surface area contributed by atoms with Crippen molar-refractivity contribution in [3.8, 4) is 0 Å². The van der Waals surface area contributed by atoms with Gasteiger partial charge in [0.25, 0.3) is 0 Å². The zero-order valence-corrected chi connectivity index (χ0v) is 9.86. The van der Waals surface area contributed by atoms with Gasteiger partial charge in [0.2, 0.25) is 0 Å². The van der Waals surface area contributed by atoms with E-state index in [1.165, 1.54) is 11.8 Å². The van der Waals surface area contributed by atoms with Crippen molar-refractivity contribution in [1.82, 2.24) is 5.32 Å². The highest BCUT2D eigenvalue weighted by Crippen LogP contribution is 2.05. The summed E-state index contributed by atoms with van der Waals surface area (Å²) in [4.78, 5) is 21.0. The van der Waals surface area contributed by atoms with Gasteiger partial charge in [-0.15, -0.1) is 0 Å². The molecule has 1 atom stereocenters. The van der Waals surface area contributed by atoms with E-state index < -0.39 is 18.0 Å². The number of thiocarbonyl (C=S) groups is 1. The van der Waals surface area contributed by atoms with Crippen LogP contribution in [0.3, 0.4) is 0 Å². The van der Waals surface area contributed by atoms with Crippen LogP contribution in [0.15, 0.2) is 0 Å². The first-order valence-corrected chi connectivity index (χ1v) is 5.74. The number of carbonyl (C=O) groups is 2. The number of hydrogen-bond donors (Lipinski definition) is 3. The maximum Gasteiger partial charge on any atom is 0.326 e. The molecule has 0 spiro atoms. The van der Waals surface area contributed by atoms with E-state index in [9.17, 15) is 9.59 Å². The fraction of sp³-hybridized carbons (Fsp3) is 0.625. The van der Waals surface area contributed by atoms with E-state index in [1.54, 1.807) is 0 Å². The first-order chi connectivity index (χ1) is 6.97. The van der Waals surface area contributed by atoms with E-state index in [0.717, 1.165) is 5.75 Å². The van der Waals surface area contributed by atoms with E-state index in [0.29, 0.717) is 4.32 Å². The third-order valence-electron chi connectivity index (χ3n) is 1.51. The van der Waals surface area contributed by atoms with Crippen molar-refractivity contribution in [1.29, 1.82) is 0 Å². The molecule has 5 nitrogen and oxygen atoms in total. The molecule has 0 aromatic heterocycles. The summed E-state index contributed by atoms with van der Waals surface area (Å²) >= 11 is 6.19. The number of aliphatic carboxylic acids is 2. The molecule has 0 heterocycles. The lowest BCUT2D eigenvalue weighted by Crippen LogP contribution is -2.39. The molecule has 0 amide bonds. The number of hydrogen-bond acceptors (Lipinski definition) is 4. The molecule has 0 unspecified atom stereocenters. The molecule has 0 aliphatic heterocycles. The summed E-state index contributed by atoms with van der Waals surface area (Å²) in [5.41, 5.74) is 0. The van der Waals surface area contributed by atoms with Crippen molar-refractivity contribution in [3.05, 3.63) is 0 Å².